The van der Waals surface area contributed by atoms with E-state index in [1.807, 2.05) is 18.7 Å². The quantitative estimate of drug-likeness (QED) is 0.852. The Kier molecular flexibility index (Phi) is 3.81. The van der Waals surface area contributed by atoms with Crippen LogP contribution in [-0.4, -0.2) is 48.5 Å². The molecule has 3 fully saturated rings. The molecule has 6 heteroatoms. The zero-order chi connectivity index (χ0) is 15.3. The summed E-state index contributed by atoms with van der Waals surface area (Å²) in [7, 11) is -2.97. The van der Waals surface area contributed by atoms with Gasteiger partial charge in [0.2, 0.25) is 5.91 Å². The van der Waals surface area contributed by atoms with Gasteiger partial charge in [0.15, 0.2) is 9.84 Å². The average molecular weight is 314 g/mol. The van der Waals surface area contributed by atoms with E-state index in [0.717, 1.165) is 19.3 Å². The summed E-state index contributed by atoms with van der Waals surface area (Å²) in [5, 5.41) is 3.54. The van der Waals surface area contributed by atoms with E-state index in [1.165, 1.54) is 12.8 Å². The second-order valence-corrected chi connectivity index (χ2v) is 9.32. The summed E-state index contributed by atoms with van der Waals surface area (Å²) >= 11 is 0. The summed E-state index contributed by atoms with van der Waals surface area (Å²) in [6.45, 7) is 3.98. The van der Waals surface area contributed by atoms with Gasteiger partial charge in [-0.05, 0) is 38.5 Å². The minimum atomic E-state index is -2.97. The van der Waals surface area contributed by atoms with Gasteiger partial charge in [-0.2, -0.15) is 0 Å². The molecule has 1 N–H and O–H groups in total. The van der Waals surface area contributed by atoms with Crippen molar-refractivity contribution in [2.24, 2.45) is 5.92 Å². The fourth-order valence-corrected chi connectivity index (χ4v) is 5.84. The molecule has 3 rings (SSSR count). The first kappa shape index (κ1) is 15.3. The molecule has 3 unspecified atom stereocenters. The van der Waals surface area contributed by atoms with E-state index in [4.69, 9.17) is 0 Å². The lowest BCUT2D eigenvalue weighted by Gasteiger charge is -2.33. The van der Waals surface area contributed by atoms with Gasteiger partial charge in [-0.15, -0.1) is 0 Å². The van der Waals surface area contributed by atoms with Gasteiger partial charge < -0.3 is 4.90 Å². The fraction of sp³-hybridized carbons (Fsp3) is 0.933. The fourth-order valence-electron chi connectivity index (χ4n) is 4.13. The maximum absolute atomic E-state index is 12.9. The van der Waals surface area contributed by atoms with Gasteiger partial charge in [-0.3, -0.25) is 10.1 Å². The molecule has 1 saturated carbocycles. The van der Waals surface area contributed by atoms with E-state index < -0.39 is 15.4 Å². The number of carbonyl (C=O) groups excluding carboxylic acids is 1. The molecule has 3 aliphatic rings. The minimum Gasteiger partial charge on any atom is -0.321 e. The first-order valence-corrected chi connectivity index (χ1v) is 9.99. The monoisotopic (exact) mass is 314 g/mol. The first-order chi connectivity index (χ1) is 9.86. The zero-order valence-electron chi connectivity index (χ0n) is 13.0. The highest BCUT2D eigenvalue weighted by molar-refractivity contribution is 7.91. The highest BCUT2D eigenvalue weighted by Gasteiger charge is 2.53. The Bertz CT molecular complexity index is 527. The highest BCUT2D eigenvalue weighted by atomic mass is 32.2. The van der Waals surface area contributed by atoms with E-state index in [0.29, 0.717) is 12.3 Å². The number of hydrogen-bond acceptors (Lipinski definition) is 4. The predicted octanol–water partition coefficient (Wildman–Crippen LogP) is 1.29. The molecule has 2 heterocycles. The van der Waals surface area contributed by atoms with Crippen LogP contribution in [0.25, 0.3) is 0 Å². The van der Waals surface area contributed by atoms with E-state index in [1.54, 1.807) is 0 Å². The lowest BCUT2D eigenvalue weighted by molar-refractivity contribution is -0.135. The third-order valence-corrected chi connectivity index (χ3v) is 7.38. The Balaban J connectivity index is 1.88. The molecular formula is C15H26N2O3S. The van der Waals surface area contributed by atoms with Gasteiger partial charge >= 0.3 is 0 Å². The molecule has 2 saturated heterocycles. The van der Waals surface area contributed by atoms with Crippen molar-refractivity contribution in [3.8, 4) is 0 Å². The van der Waals surface area contributed by atoms with Gasteiger partial charge in [0, 0.05) is 6.04 Å². The predicted molar refractivity (Wildman–Crippen MR) is 81.5 cm³/mol. The van der Waals surface area contributed by atoms with Gasteiger partial charge in [-0.25, -0.2) is 8.42 Å². The summed E-state index contributed by atoms with van der Waals surface area (Å²) < 4.78 is 23.6. The van der Waals surface area contributed by atoms with Crippen LogP contribution in [0.15, 0.2) is 0 Å². The zero-order valence-corrected chi connectivity index (χ0v) is 13.8. The smallest absolute Gasteiger partial charge is 0.244 e. The van der Waals surface area contributed by atoms with Crippen LogP contribution in [0.4, 0.5) is 0 Å². The normalized spacial score (nSPS) is 40.3. The van der Waals surface area contributed by atoms with Crippen molar-refractivity contribution in [1.82, 2.24) is 10.2 Å². The number of amides is 1. The van der Waals surface area contributed by atoms with Crippen molar-refractivity contribution in [3.05, 3.63) is 0 Å². The third-order valence-electron chi connectivity index (χ3n) is 5.63. The van der Waals surface area contributed by atoms with Gasteiger partial charge in [0.05, 0.1) is 23.2 Å². The van der Waals surface area contributed by atoms with Crippen molar-refractivity contribution in [2.45, 2.75) is 70.1 Å². The number of rotatable bonds is 3. The Morgan fingerprint density at radius 1 is 1.29 bits per heavy atom. The van der Waals surface area contributed by atoms with Crippen LogP contribution >= 0.6 is 0 Å². The molecule has 0 aromatic rings. The number of nitrogens with zero attached hydrogens (tertiary/aromatic N) is 1. The summed E-state index contributed by atoms with van der Waals surface area (Å²) in [5.74, 6) is 0.945. The maximum atomic E-state index is 12.9. The molecule has 2 aliphatic heterocycles. The van der Waals surface area contributed by atoms with E-state index in [2.05, 4.69) is 5.32 Å². The molecule has 0 bridgehead atoms. The number of hydrogen-bond donors (Lipinski definition) is 1. The van der Waals surface area contributed by atoms with E-state index in [-0.39, 0.29) is 29.6 Å². The van der Waals surface area contributed by atoms with Crippen molar-refractivity contribution in [1.29, 1.82) is 0 Å². The Morgan fingerprint density at radius 2 is 1.95 bits per heavy atom. The first-order valence-electron chi connectivity index (χ1n) is 8.17. The molecule has 120 valence electrons. The summed E-state index contributed by atoms with van der Waals surface area (Å²) in [6, 6.07) is -0.131. The summed E-state index contributed by atoms with van der Waals surface area (Å²) in [5.41, 5.74) is -0.528. The van der Waals surface area contributed by atoms with E-state index >= 15 is 0 Å². The third kappa shape index (κ3) is 2.61. The molecule has 3 atom stereocenters. The van der Waals surface area contributed by atoms with Gasteiger partial charge in [0.25, 0.3) is 0 Å². The molecule has 5 nitrogen and oxygen atoms in total. The topological polar surface area (TPSA) is 66.5 Å². The molecular weight excluding hydrogens is 288 g/mol. The molecule has 0 aromatic carbocycles. The Morgan fingerprint density at radius 3 is 2.48 bits per heavy atom. The molecule has 21 heavy (non-hydrogen) atoms. The van der Waals surface area contributed by atoms with Crippen molar-refractivity contribution >= 4 is 15.7 Å². The largest absolute Gasteiger partial charge is 0.321 e. The summed E-state index contributed by atoms with van der Waals surface area (Å²) in [6.07, 6.45) is 6.08. The van der Waals surface area contributed by atoms with Crippen LogP contribution < -0.4 is 5.32 Å². The number of sulfone groups is 1. The van der Waals surface area contributed by atoms with Crippen molar-refractivity contribution < 1.29 is 13.2 Å². The van der Waals surface area contributed by atoms with Crippen LogP contribution in [0.5, 0.6) is 0 Å². The summed E-state index contributed by atoms with van der Waals surface area (Å²) in [4.78, 5) is 14.8. The van der Waals surface area contributed by atoms with Crippen LogP contribution in [0.3, 0.4) is 0 Å². The second-order valence-electron chi connectivity index (χ2n) is 7.09. The standard InChI is InChI=1S/C15H26N2O3S/c1-3-15(2)14(18)17(12-8-9-21(19,20)10-12)13(16-15)11-6-4-5-7-11/h11-13,16H,3-10H2,1-2H3. The van der Waals surface area contributed by atoms with Crippen molar-refractivity contribution in [3.63, 3.8) is 0 Å². The molecule has 1 aliphatic carbocycles. The lowest BCUT2D eigenvalue weighted by atomic mass is 9.99. The van der Waals surface area contributed by atoms with Crippen LogP contribution in [0.1, 0.15) is 52.4 Å². The molecule has 0 aromatic heterocycles. The van der Waals surface area contributed by atoms with Crippen LogP contribution in [0, 0.1) is 5.92 Å². The van der Waals surface area contributed by atoms with Gasteiger partial charge in [0.1, 0.15) is 0 Å². The SMILES string of the molecule is CCC1(C)NC(C2CCCC2)N(C2CCS(=O)(=O)C2)C1=O. The average Bonchev–Trinajstić information content (AvgIpc) is 3.11. The Hall–Kier alpha value is -0.620. The molecule has 0 spiro atoms. The highest BCUT2D eigenvalue weighted by Crippen LogP contribution is 2.38. The minimum absolute atomic E-state index is 0.0308. The maximum Gasteiger partial charge on any atom is 0.244 e. The van der Waals surface area contributed by atoms with Crippen LogP contribution in [0.2, 0.25) is 0 Å². The lowest BCUT2D eigenvalue weighted by Crippen LogP contribution is -2.48. The molecule has 0 radical (unpaired) electrons. The number of nitrogens with one attached hydrogen (secondary N) is 1. The number of carbonyl (C=O) groups is 1. The van der Waals surface area contributed by atoms with Crippen molar-refractivity contribution in [2.75, 3.05) is 11.5 Å². The van der Waals surface area contributed by atoms with Gasteiger partial charge in [-0.1, -0.05) is 19.8 Å². The van der Waals surface area contributed by atoms with E-state index in [9.17, 15) is 13.2 Å². The Labute approximate surface area is 127 Å². The van der Waals surface area contributed by atoms with Crippen LogP contribution in [-0.2, 0) is 14.6 Å². The second kappa shape index (κ2) is 5.23. The molecule has 1 amide bonds.